The first kappa shape index (κ1) is 18.6. The van der Waals surface area contributed by atoms with Crippen molar-refractivity contribution in [2.45, 2.75) is 13.2 Å². The molecule has 1 saturated heterocycles. The highest BCUT2D eigenvalue weighted by molar-refractivity contribution is 5.77. The number of para-hydroxylation sites is 1. The molecule has 1 fully saturated rings. The molecule has 1 aliphatic heterocycles. The van der Waals surface area contributed by atoms with Crippen LogP contribution in [0.5, 0.6) is 5.75 Å². The molecule has 0 aliphatic carbocycles. The fourth-order valence-electron chi connectivity index (χ4n) is 3.66. The van der Waals surface area contributed by atoms with Gasteiger partial charge in [-0.05, 0) is 30.3 Å². The standard InChI is InChI=1S/C21H23FN4O2/c1-28-21-7-6-17(22)12-16(21)14-24-8-10-25(11-9-24)15-26-19-5-3-2-4-18(19)20(27)13-23-26/h2-7,12-13H,8-11,14-15H2,1H3. The van der Waals surface area contributed by atoms with Crippen LogP contribution < -0.4 is 10.2 Å². The van der Waals surface area contributed by atoms with Gasteiger partial charge in [0.1, 0.15) is 11.6 Å². The molecule has 6 nitrogen and oxygen atoms in total. The third-order valence-corrected chi connectivity index (χ3v) is 5.20. The lowest BCUT2D eigenvalue weighted by Gasteiger charge is -2.35. The Balaban J connectivity index is 1.41. The third kappa shape index (κ3) is 3.90. The van der Waals surface area contributed by atoms with E-state index < -0.39 is 0 Å². The van der Waals surface area contributed by atoms with E-state index in [0.29, 0.717) is 24.3 Å². The highest BCUT2D eigenvalue weighted by Crippen LogP contribution is 2.22. The number of hydrogen-bond donors (Lipinski definition) is 0. The monoisotopic (exact) mass is 382 g/mol. The van der Waals surface area contributed by atoms with Crippen LogP contribution in [0, 0.1) is 5.82 Å². The number of piperazine rings is 1. The zero-order chi connectivity index (χ0) is 19.5. The molecule has 146 valence electrons. The third-order valence-electron chi connectivity index (χ3n) is 5.20. The molecule has 0 saturated carbocycles. The normalized spacial score (nSPS) is 15.8. The number of fused-ring (bicyclic) bond motifs is 1. The van der Waals surface area contributed by atoms with Crippen LogP contribution in [0.3, 0.4) is 0 Å². The summed E-state index contributed by atoms with van der Waals surface area (Å²) in [6.45, 7) is 4.79. The number of ether oxygens (including phenoxy) is 1. The first-order chi connectivity index (χ1) is 13.6. The molecular formula is C21H23FN4O2. The molecule has 0 atom stereocenters. The molecule has 0 N–H and O–H groups in total. The van der Waals surface area contributed by atoms with E-state index in [1.54, 1.807) is 19.2 Å². The zero-order valence-corrected chi connectivity index (χ0v) is 15.8. The lowest BCUT2D eigenvalue weighted by Crippen LogP contribution is -2.46. The first-order valence-electron chi connectivity index (χ1n) is 9.36. The summed E-state index contributed by atoms with van der Waals surface area (Å²) in [5, 5.41) is 5.00. The average Bonchev–Trinajstić information content (AvgIpc) is 2.72. The van der Waals surface area contributed by atoms with Crippen LogP contribution in [-0.2, 0) is 13.2 Å². The van der Waals surface area contributed by atoms with E-state index in [0.717, 1.165) is 37.3 Å². The minimum absolute atomic E-state index is 0.0549. The Hall–Kier alpha value is -2.77. The summed E-state index contributed by atoms with van der Waals surface area (Å²) < 4.78 is 20.8. The van der Waals surface area contributed by atoms with Crippen LogP contribution >= 0.6 is 0 Å². The number of halogens is 1. The maximum absolute atomic E-state index is 13.6. The van der Waals surface area contributed by atoms with E-state index >= 15 is 0 Å². The summed E-state index contributed by atoms with van der Waals surface area (Å²) in [5.74, 6) is 0.471. The van der Waals surface area contributed by atoms with Crippen LogP contribution in [0.1, 0.15) is 5.56 Å². The molecule has 1 aliphatic rings. The van der Waals surface area contributed by atoms with E-state index in [1.807, 2.05) is 28.9 Å². The van der Waals surface area contributed by atoms with E-state index in [1.165, 1.54) is 12.3 Å². The number of hydrogen-bond acceptors (Lipinski definition) is 5. The van der Waals surface area contributed by atoms with Crippen LogP contribution in [0.2, 0.25) is 0 Å². The van der Waals surface area contributed by atoms with Crippen LogP contribution in [0.25, 0.3) is 10.9 Å². The zero-order valence-electron chi connectivity index (χ0n) is 15.8. The average molecular weight is 382 g/mol. The van der Waals surface area contributed by atoms with Gasteiger partial charge in [0, 0.05) is 43.7 Å². The van der Waals surface area contributed by atoms with Crippen molar-refractivity contribution in [3.05, 3.63) is 70.3 Å². The topological polar surface area (TPSA) is 50.6 Å². The van der Waals surface area contributed by atoms with Gasteiger partial charge in [-0.1, -0.05) is 12.1 Å². The Morgan fingerprint density at radius 1 is 1.07 bits per heavy atom. The van der Waals surface area contributed by atoms with Gasteiger partial charge in [0.25, 0.3) is 0 Å². The number of rotatable bonds is 5. The fourth-order valence-corrected chi connectivity index (χ4v) is 3.66. The fraction of sp³-hybridized carbons (Fsp3) is 0.333. The van der Waals surface area contributed by atoms with Crippen molar-refractivity contribution in [1.29, 1.82) is 0 Å². The van der Waals surface area contributed by atoms with Crippen molar-refractivity contribution in [3.63, 3.8) is 0 Å². The molecule has 28 heavy (non-hydrogen) atoms. The molecule has 1 aromatic heterocycles. The molecule has 7 heteroatoms. The summed E-state index contributed by atoms with van der Waals surface area (Å²) in [4.78, 5) is 16.6. The van der Waals surface area contributed by atoms with Crippen LogP contribution in [-0.4, -0.2) is 52.9 Å². The molecule has 2 aromatic carbocycles. The van der Waals surface area contributed by atoms with Gasteiger partial charge >= 0.3 is 0 Å². The van der Waals surface area contributed by atoms with Crippen molar-refractivity contribution >= 4 is 10.9 Å². The van der Waals surface area contributed by atoms with E-state index in [-0.39, 0.29) is 11.2 Å². The van der Waals surface area contributed by atoms with Gasteiger partial charge in [-0.2, -0.15) is 5.10 Å². The largest absolute Gasteiger partial charge is 0.496 e. The number of nitrogens with zero attached hydrogens (tertiary/aromatic N) is 4. The molecule has 4 rings (SSSR count). The Bertz CT molecular complexity index is 1030. The second-order valence-corrected chi connectivity index (χ2v) is 7.02. The summed E-state index contributed by atoms with van der Waals surface area (Å²) in [6.07, 6.45) is 1.38. The highest BCUT2D eigenvalue weighted by atomic mass is 19.1. The predicted octanol–water partition coefficient (Wildman–Crippen LogP) is 2.32. The Morgan fingerprint density at radius 3 is 2.61 bits per heavy atom. The molecule has 0 spiro atoms. The summed E-state index contributed by atoms with van der Waals surface area (Å²) >= 11 is 0. The van der Waals surface area contributed by atoms with Crippen molar-refractivity contribution in [3.8, 4) is 5.75 Å². The smallest absolute Gasteiger partial charge is 0.207 e. The van der Waals surface area contributed by atoms with Gasteiger partial charge in [-0.3, -0.25) is 19.3 Å². The van der Waals surface area contributed by atoms with E-state index in [9.17, 15) is 9.18 Å². The lowest BCUT2D eigenvalue weighted by molar-refractivity contribution is 0.0993. The maximum Gasteiger partial charge on any atom is 0.207 e. The Morgan fingerprint density at radius 2 is 1.82 bits per heavy atom. The minimum atomic E-state index is -0.245. The van der Waals surface area contributed by atoms with Crippen molar-refractivity contribution in [1.82, 2.24) is 19.6 Å². The number of methoxy groups -OCH3 is 1. The second kappa shape index (κ2) is 8.08. The van der Waals surface area contributed by atoms with Crippen molar-refractivity contribution in [2.24, 2.45) is 0 Å². The second-order valence-electron chi connectivity index (χ2n) is 7.02. The summed E-state index contributed by atoms with van der Waals surface area (Å²) in [6, 6.07) is 12.2. The van der Waals surface area contributed by atoms with Gasteiger partial charge in [-0.25, -0.2) is 4.39 Å². The predicted molar refractivity (Wildman–Crippen MR) is 106 cm³/mol. The van der Waals surface area contributed by atoms with Crippen LogP contribution in [0.4, 0.5) is 4.39 Å². The van der Waals surface area contributed by atoms with Crippen molar-refractivity contribution < 1.29 is 9.13 Å². The molecule has 0 bridgehead atoms. The molecular weight excluding hydrogens is 359 g/mol. The lowest BCUT2D eigenvalue weighted by atomic mass is 10.1. The van der Waals surface area contributed by atoms with Gasteiger partial charge in [0.05, 0.1) is 25.5 Å². The van der Waals surface area contributed by atoms with Gasteiger partial charge in [-0.15, -0.1) is 0 Å². The quantitative estimate of drug-likeness (QED) is 0.678. The summed E-state index contributed by atoms with van der Waals surface area (Å²) in [7, 11) is 1.61. The summed E-state index contributed by atoms with van der Waals surface area (Å²) in [5.41, 5.74) is 1.66. The van der Waals surface area contributed by atoms with E-state index in [4.69, 9.17) is 4.74 Å². The Kier molecular flexibility index (Phi) is 5.36. The highest BCUT2D eigenvalue weighted by Gasteiger charge is 2.19. The molecule has 0 amide bonds. The molecule has 0 unspecified atom stereocenters. The van der Waals surface area contributed by atoms with Crippen molar-refractivity contribution in [2.75, 3.05) is 33.3 Å². The molecule has 3 aromatic rings. The van der Waals surface area contributed by atoms with E-state index in [2.05, 4.69) is 14.9 Å². The van der Waals surface area contributed by atoms with Gasteiger partial charge in [0.15, 0.2) is 0 Å². The number of aromatic nitrogens is 2. The maximum atomic E-state index is 13.6. The van der Waals surface area contributed by atoms with Crippen LogP contribution in [0.15, 0.2) is 53.5 Å². The molecule has 0 radical (unpaired) electrons. The van der Waals surface area contributed by atoms with Gasteiger partial charge < -0.3 is 4.74 Å². The number of benzene rings is 2. The van der Waals surface area contributed by atoms with Gasteiger partial charge in [0.2, 0.25) is 5.43 Å². The first-order valence-corrected chi connectivity index (χ1v) is 9.36. The SMILES string of the molecule is COc1ccc(F)cc1CN1CCN(Cn2ncc(=O)c3ccccc32)CC1. The minimum Gasteiger partial charge on any atom is -0.496 e. The Labute approximate surface area is 162 Å². The molecule has 2 heterocycles.